The Morgan fingerprint density at radius 3 is 3.00 bits per heavy atom. The molecule has 0 unspecified atom stereocenters. The fourth-order valence-electron chi connectivity index (χ4n) is 1.70. The van der Waals surface area contributed by atoms with E-state index in [9.17, 15) is 0 Å². The van der Waals surface area contributed by atoms with Crippen molar-refractivity contribution in [2.45, 2.75) is 6.92 Å². The second-order valence-electron chi connectivity index (χ2n) is 3.80. The van der Waals surface area contributed by atoms with Gasteiger partial charge in [0.2, 0.25) is 0 Å². The maximum atomic E-state index is 5.02. The summed E-state index contributed by atoms with van der Waals surface area (Å²) in [6.07, 6.45) is 1.83. The van der Waals surface area contributed by atoms with Gasteiger partial charge in [-0.2, -0.15) is 0 Å². The second-order valence-corrected chi connectivity index (χ2v) is 3.80. The molecule has 3 heteroatoms. The van der Waals surface area contributed by atoms with Crippen molar-refractivity contribution in [1.82, 2.24) is 4.98 Å². The van der Waals surface area contributed by atoms with Gasteiger partial charge in [-0.15, -0.1) is 0 Å². The van der Waals surface area contributed by atoms with Crippen molar-refractivity contribution in [3.63, 3.8) is 0 Å². The third-order valence-corrected chi connectivity index (χ3v) is 2.52. The normalized spacial score (nSPS) is 10.6. The summed E-state index contributed by atoms with van der Waals surface area (Å²) in [7, 11) is 1.70. The summed E-state index contributed by atoms with van der Waals surface area (Å²) in [5, 5.41) is 4.52. The van der Waals surface area contributed by atoms with Crippen LogP contribution in [0.4, 0.5) is 5.69 Å². The van der Waals surface area contributed by atoms with Crippen molar-refractivity contribution >= 4 is 16.6 Å². The molecule has 1 aromatic heterocycles. The number of benzene rings is 1. The van der Waals surface area contributed by atoms with E-state index in [1.807, 2.05) is 18.3 Å². The number of ether oxygens (including phenoxy) is 1. The Morgan fingerprint density at radius 1 is 1.31 bits per heavy atom. The Balaban J connectivity index is 2.32. The Kier molecular flexibility index (Phi) is 3.37. The molecule has 2 aromatic rings. The van der Waals surface area contributed by atoms with Gasteiger partial charge in [-0.1, -0.05) is 11.6 Å². The molecule has 0 aliphatic carbocycles. The number of anilines is 1. The van der Waals surface area contributed by atoms with Gasteiger partial charge in [-0.3, -0.25) is 4.98 Å². The van der Waals surface area contributed by atoms with E-state index in [-0.39, 0.29) is 0 Å². The van der Waals surface area contributed by atoms with Gasteiger partial charge >= 0.3 is 0 Å². The smallest absolute Gasteiger partial charge is 0.0722 e. The van der Waals surface area contributed by atoms with Crippen molar-refractivity contribution in [1.29, 1.82) is 0 Å². The number of pyridine rings is 1. The summed E-state index contributed by atoms with van der Waals surface area (Å²) in [5.41, 5.74) is 3.38. The molecular formula is C13H16N2O. The quantitative estimate of drug-likeness (QED) is 0.798. The third-order valence-electron chi connectivity index (χ3n) is 2.52. The monoisotopic (exact) mass is 216 g/mol. The SMILES string of the molecule is COCCNc1ccnc2ccc(C)cc12. The van der Waals surface area contributed by atoms with Gasteiger partial charge in [-0.25, -0.2) is 0 Å². The number of fused-ring (bicyclic) bond motifs is 1. The van der Waals surface area contributed by atoms with E-state index in [0.29, 0.717) is 6.61 Å². The molecule has 0 fully saturated rings. The molecule has 0 atom stereocenters. The summed E-state index contributed by atoms with van der Waals surface area (Å²) in [6.45, 7) is 3.60. The lowest BCUT2D eigenvalue weighted by molar-refractivity contribution is 0.211. The van der Waals surface area contributed by atoms with Crippen molar-refractivity contribution < 1.29 is 4.74 Å². The van der Waals surface area contributed by atoms with Gasteiger partial charge in [0.05, 0.1) is 12.1 Å². The lowest BCUT2D eigenvalue weighted by Crippen LogP contribution is -2.07. The Labute approximate surface area is 95.5 Å². The first-order valence-electron chi connectivity index (χ1n) is 5.39. The molecular weight excluding hydrogens is 200 g/mol. The Hall–Kier alpha value is -1.61. The van der Waals surface area contributed by atoms with Crippen LogP contribution in [0.5, 0.6) is 0 Å². The number of rotatable bonds is 4. The number of hydrogen-bond donors (Lipinski definition) is 1. The van der Waals surface area contributed by atoms with E-state index in [0.717, 1.165) is 17.7 Å². The molecule has 0 saturated heterocycles. The zero-order valence-corrected chi connectivity index (χ0v) is 9.66. The highest BCUT2D eigenvalue weighted by Gasteiger charge is 2.01. The first-order valence-corrected chi connectivity index (χ1v) is 5.39. The Bertz CT molecular complexity index is 482. The van der Waals surface area contributed by atoms with Crippen LogP contribution < -0.4 is 5.32 Å². The third kappa shape index (κ3) is 2.31. The summed E-state index contributed by atoms with van der Waals surface area (Å²) in [4.78, 5) is 4.34. The molecule has 0 amide bonds. The molecule has 1 N–H and O–H groups in total. The van der Waals surface area contributed by atoms with Crippen molar-refractivity contribution in [2.75, 3.05) is 25.6 Å². The van der Waals surface area contributed by atoms with Crippen LogP contribution >= 0.6 is 0 Å². The van der Waals surface area contributed by atoms with E-state index in [1.54, 1.807) is 7.11 Å². The molecule has 0 bridgehead atoms. The minimum atomic E-state index is 0.704. The highest BCUT2D eigenvalue weighted by atomic mass is 16.5. The molecule has 84 valence electrons. The highest BCUT2D eigenvalue weighted by molar-refractivity contribution is 5.91. The van der Waals surface area contributed by atoms with Gasteiger partial charge in [0.15, 0.2) is 0 Å². The minimum Gasteiger partial charge on any atom is -0.383 e. The van der Waals surface area contributed by atoms with E-state index in [4.69, 9.17) is 4.74 Å². The lowest BCUT2D eigenvalue weighted by atomic mass is 10.1. The predicted molar refractivity (Wildman–Crippen MR) is 66.8 cm³/mol. The minimum absolute atomic E-state index is 0.704. The molecule has 2 rings (SSSR count). The van der Waals surface area contributed by atoms with E-state index >= 15 is 0 Å². The summed E-state index contributed by atoms with van der Waals surface area (Å²) < 4.78 is 5.02. The highest BCUT2D eigenvalue weighted by Crippen LogP contribution is 2.22. The predicted octanol–water partition coefficient (Wildman–Crippen LogP) is 2.60. The zero-order valence-electron chi connectivity index (χ0n) is 9.66. The molecule has 1 aromatic carbocycles. The van der Waals surface area contributed by atoms with Gasteiger partial charge in [0.25, 0.3) is 0 Å². The van der Waals surface area contributed by atoms with E-state index in [1.165, 1.54) is 10.9 Å². The molecule has 0 spiro atoms. The summed E-state index contributed by atoms with van der Waals surface area (Å²) >= 11 is 0. The molecule has 0 saturated carbocycles. The van der Waals surface area contributed by atoms with Crippen molar-refractivity contribution in [3.8, 4) is 0 Å². The summed E-state index contributed by atoms with van der Waals surface area (Å²) in [6, 6.07) is 8.27. The fraction of sp³-hybridized carbons (Fsp3) is 0.308. The number of aryl methyl sites for hydroxylation is 1. The van der Waals surface area contributed by atoms with E-state index < -0.39 is 0 Å². The number of methoxy groups -OCH3 is 1. The van der Waals surface area contributed by atoms with Crippen LogP contribution in [0.2, 0.25) is 0 Å². The molecule has 1 heterocycles. The Morgan fingerprint density at radius 2 is 2.19 bits per heavy atom. The number of hydrogen-bond acceptors (Lipinski definition) is 3. The average molecular weight is 216 g/mol. The van der Waals surface area contributed by atoms with Gasteiger partial charge < -0.3 is 10.1 Å². The fourth-order valence-corrected chi connectivity index (χ4v) is 1.70. The van der Waals surface area contributed by atoms with E-state index in [2.05, 4.69) is 29.4 Å². The summed E-state index contributed by atoms with van der Waals surface area (Å²) in [5.74, 6) is 0. The van der Waals surface area contributed by atoms with Crippen LogP contribution in [-0.2, 0) is 4.74 Å². The lowest BCUT2D eigenvalue weighted by Gasteiger charge is -2.09. The average Bonchev–Trinajstić information content (AvgIpc) is 2.30. The number of aromatic nitrogens is 1. The zero-order chi connectivity index (χ0) is 11.4. The van der Waals surface area contributed by atoms with Gasteiger partial charge in [0, 0.05) is 30.9 Å². The van der Waals surface area contributed by atoms with Crippen molar-refractivity contribution in [2.24, 2.45) is 0 Å². The standard InChI is InChI=1S/C13H16N2O/c1-10-3-4-12-11(9-10)13(5-6-14-12)15-7-8-16-2/h3-6,9H,7-8H2,1-2H3,(H,14,15). The van der Waals surface area contributed by atoms with Crippen molar-refractivity contribution in [3.05, 3.63) is 36.0 Å². The van der Waals surface area contributed by atoms with Crippen LogP contribution in [0.3, 0.4) is 0 Å². The second kappa shape index (κ2) is 4.94. The van der Waals surface area contributed by atoms with Crippen LogP contribution in [-0.4, -0.2) is 25.2 Å². The largest absolute Gasteiger partial charge is 0.383 e. The molecule has 0 aliphatic rings. The molecule has 0 radical (unpaired) electrons. The van der Waals surface area contributed by atoms with Crippen LogP contribution in [0.15, 0.2) is 30.5 Å². The maximum absolute atomic E-state index is 5.02. The number of nitrogens with zero attached hydrogens (tertiary/aromatic N) is 1. The molecule has 3 nitrogen and oxygen atoms in total. The van der Waals surface area contributed by atoms with Crippen LogP contribution in [0.25, 0.3) is 10.9 Å². The molecule has 0 aliphatic heterocycles. The first-order chi connectivity index (χ1) is 7.81. The van der Waals surface area contributed by atoms with Gasteiger partial charge in [0.1, 0.15) is 0 Å². The number of nitrogens with one attached hydrogen (secondary N) is 1. The first kappa shape index (κ1) is 10.9. The molecule has 16 heavy (non-hydrogen) atoms. The van der Waals surface area contributed by atoms with Crippen LogP contribution in [0, 0.1) is 6.92 Å². The van der Waals surface area contributed by atoms with Gasteiger partial charge in [-0.05, 0) is 25.1 Å². The maximum Gasteiger partial charge on any atom is 0.0722 e. The topological polar surface area (TPSA) is 34.1 Å². The van der Waals surface area contributed by atoms with Crippen LogP contribution in [0.1, 0.15) is 5.56 Å².